The fourth-order valence-electron chi connectivity index (χ4n) is 1.94. The lowest BCUT2D eigenvalue weighted by Gasteiger charge is -2.14. The average molecular weight is 310 g/mol. The molecule has 17 heavy (non-hydrogen) atoms. The van der Waals surface area contributed by atoms with Gasteiger partial charge in [-0.15, -0.1) is 0 Å². The summed E-state index contributed by atoms with van der Waals surface area (Å²) in [6.45, 7) is 0. The molecule has 1 unspecified atom stereocenters. The van der Waals surface area contributed by atoms with Gasteiger partial charge in [-0.3, -0.25) is 0 Å². The van der Waals surface area contributed by atoms with Crippen LogP contribution in [-0.4, -0.2) is 5.33 Å². The van der Waals surface area contributed by atoms with E-state index in [1.54, 1.807) is 0 Å². The molecule has 2 aromatic carbocycles. The zero-order valence-corrected chi connectivity index (χ0v) is 11.8. The number of hydrogen-bond acceptors (Lipinski definition) is 0. The molecule has 0 spiro atoms. The SMILES string of the molecule is Clc1cccc(CC(CBr)c2ccccc2)c1. The molecular weight excluding hydrogens is 296 g/mol. The van der Waals surface area contributed by atoms with E-state index in [0.29, 0.717) is 5.92 Å². The van der Waals surface area contributed by atoms with Gasteiger partial charge in [0, 0.05) is 10.4 Å². The highest BCUT2D eigenvalue weighted by molar-refractivity contribution is 9.09. The summed E-state index contributed by atoms with van der Waals surface area (Å²) >= 11 is 9.60. The van der Waals surface area contributed by atoms with Crippen molar-refractivity contribution in [3.63, 3.8) is 0 Å². The summed E-state index contributed by atoms with van der Waals surface area (Å²) in [7, 11) is 0. The molecule has 0 amide bonds. The Morgan fingerprint density at radius 2 is 1.76 bits per heavy atom. The van der Waals surface area contributed by atoms with E-state index in [0.717, 1.165) is 16.8 Å². The lowest BCUT2D eigenvalue weighted by atomic mass is 9.94. The van der Waals surface area contributed by atoms with Crippen molar-refractivity contribution < 1.29 is 0 Å². The first-order chi connectivity index (χ1) is 8.29. The molecule has 1 atom stereocenters. The zero-order valence-electron chi connectivity index (χ0n) is 9.44. The highest BCUT2D eigenvalue weighted by Gasteiger charge is 2.10. The Kier molecular flexibility index (Phi) is 4.64. The second kappa shape index (κ2) is 6.23. The third-order valence-corrected chi connectivity index (χ3v) is 3.85. The average Bonchev–Trinajstić information content (AvgIpc) is 2.37. The maximum Gasteiger partial charge on any atom is 0.0408 e. The van der Waals surface area contributed by atoms with Crippen LogP contribution in [-0.2, 0) is 6.42 Å². The standard InChI is InChI=1S/C15H14BrCl/c16-11-14(13-6-2-1-3-7-13)9-12-5-4-8-15(17)10-12/h1-8,10,14H,9,11H2. The fraction of sp³-hybridized carbons (Fsp3) is 0.200. The second-order valence-corrected chi connectivity index (χ2v) is 5.18. The molecule has 0 N–H and O–H groups in total. The normalized spacial score (nSPS) is 12.4. The van der Waals surface area contributed by atoms with Crippen LogP contribution < -0.4 is 0 Å². The monoisotopic (exact) mass is 308 g/mol. The predicted octanol–water partition coefficient (Wildman–Crippen LogP) is 5.06. The van der Waals surface area contributed by atoms with Gasteiger partial charge in [0.2, 0.25) is 0 Å². The smallest absolute Gasteiger partial charge is 0.0408 e. The molecule has 2 aromatic rings. The minimum absolute atomic E-state index is 0.495. The Labute approximate surface area is 116 Å². The van der Waals surface area contributed by atoms with Crippen molar-refractivity contribution in [1.29, 1.82) is 0 Å². The summed E-state index contributed by atoms with van der Waals surface area (Å²) in [6, 6.07) is 18.7. The maximum atomic E-state index is 6.01. The van der Waals surface area contributed by atoms with Crippen LogP contribution >= 0.6 is 27.5 Å². The lowest BCUT2D eigenvalue weighted by molar-refractivity contribution is 0.776. The molecule has 0 aliphatic carbocycles. The number of hydrogen-bond donors (Lipinski definition) is 0. The van der Waals surface area contributed by atoms with Gasteiger partial charge < -0.3 is 0 Å². The van der Waals surface area contributed by atoms with Gasteiger partial charge in [0.1, 0.15) is 0 Å². The van der Waals surface area contributed by atoms with Crippen molar-refractivity contribution >= 4 is 27.5 Å². The summed E-state index contributed by atoms with van der Waals surface area (Å²) in [5.41, 5.74) is 2.65. The van der Waals surface area contributed by atoms with E-state index in [4.69, 9.17) is 11.6 Å². The Morgan fingerprint density at radius 3 is 2.41 bits per heavy atom. The third kappa shape index (κ3) is 3.58. The number of halogens is 2. The molecule has 0 nitrogen and oxygen atoms in total. The molecule has 0 fully saturated rings. The van der Waals surface area contributed by atoms with Crippen LogP contribution in [0.2, 0.25) is 5.02 Å². The van der Waals surface area contributed by atoms with Crippen molar-refractivity contribution in [2.75, 3.05) is 5.33 Å². The highest BCUT2D eigenvalue weighted by Crippen LogP contribution is 2.24. The summed E-state index contributed by atoms with van der Waals surface area (Å²) < 4.78 is 0. The first kappa shape index (κ1) is 12.7. The molecule has 0 bridgehead atoms. The van der Waals surface area contributed by atoms with Crippen LogP contribution in [0.4, 0.5) is 0 Å². The molecule has 0 radical (unpaired) electrons. The topological polar surface area (TPSA) is 0 Å². The van der Waals surface area contributed by atoms with Crippen LogP contribution in [0, 0.1) is 0 Å². The Morgan fingerprint density at radius 1 is 1.00 bits per heavy atom. The fourth-order valence-corrected chi connectivity index (χ4v) is 2.75. The van der Waals surface area contributed by atoms with Gasteiger partial charge >= 0.3 is 0 Å². The molecule has 0 heterocycles. The van der Waals surface area contributed by atoms with Crippen molar-refractivity contribution in [2.24, 2.45) is 0 Å². The summed E-state index contributed by atoms with van der Waals surface area (Å²) in [5, 5.41) is 1.77. The Bertz CT molecular complexity index is 467. The second-order valence-electron chi connectivity index (χ2n) is 4.10. The van der Waals surface area contributed by atoms with Gasteiger partial charge in [0.25, 0.3) is 0 Å². The van der Waals surface area contributed by atoms with E-state index in [-0.39, 0.29) is 0 Å². The van der Waals surface area contributed by atoms with Gasteiger partial charge in [-0.05, 0) is 35.6 Å². The summed E-state index contributed by atoms with van der Waals surface area (Å²) in [5.74, 6) is 0.495. The maximum absolute atomic E-state index is 6.01. The Hall–Kier alpha value is -0.790. The first-order valence-corrected chi connectivity index (χ1v) is 7.15. The van der Waals surface area contributed by atoms with Crippen LogP contribution in [0.15, 0.2) is 54.6 Å². The van der Waals surface area contributed by atoms with Crippen LogP contribution in [0.25, 0.3) is 0 Å². The molecule has 0 saturated carbocycles. The number of benzene rings is 2. The summed E-state index contributed by atoms with van der Waals surface area (Å²) in [4.78, 5) is 0. The number of rotatable bonds is 4. The largest absolute Gasteiger partial charge is 0.0921 e. The van der Waals surface area contributed by atoms with Crippen molar-refractivity contribution in [3.8, 4) is 0 Å². The van der Waals surface area contributed by atoms with Crippen LogP contribution in [0.5, 0.6) is 0 Å². The van der Waals surface area contributed by atoms with Gasteiger partial charge in [-0.2, -0.15) is 0 Å². The van der Waals surface area contributed by atoms with E-state index in [1.807, 2.05) is 24.3 Å². The van der Waals surface area contributed by atoms with Crippen molar-refractivity contribution in [1.82, 2.24) is 0 Å². The summed E-state index contributed by atoms with van der Waals surface area (Å²) in [6.07, 6.45) is 1.01. The van der Waals surface area contributed by atoms with E-state index in [9.17, 15) is 0 Å². The van der Waals surface area contributed by atoms with Crippen LogP contribution in [0.3, 0.4) is 0 Å². The molecule has 0 aromatic heterocycles. The molecule has 2 rings (SSSR count). The highest BCUT2D eigenvalue weighted by atomic mass is 79.9. The van der Waals surface area contributed by atoms with E-state index in [2.05, 4.69) is 46.3 Å². The third-order valence-electron chi connectivity index (χ3n) is 2.83. The molecule has 0 aliphatic heterocycles. The predicted molar refractivity (Wildman–Crippen MR) is 78.1 cm³/mol. The van der Waals surface area contributed by atoms with E-state index < -0.39 is 0 Å². The van der Waals surface area contributed by atoms with Gasteiger partial charge in [0.05, 0.1) is 0 Å². The molecule has 2 heteroatoms. The molecule has 0 aliphatic rings. The van der Waals surface area contributed by atoms with E-state index >= 15 is 0 Å². The molecule has 88 valence electrons. The van der Waals surface area contributed by atoms with E-state index in [1.165, 1.54) is 11.1 Å². The number of alkyl halides is 1. The van der Waals surface area contributed by atoms with Gasteiger partial charge in [-0.25, -0.2) is 0 Å². The van der Waals surface area contributed by atoms with Crippen LogP contribution in [0.1, 0.15) is 17.0 Å². The molecular formula is C15H14BrCl. The Balaban J connectivity index is 2.16. The first-order valence-electron chi connectivity index (χ1n) is 5.65. The molecule has 0 saturated heterocycles. The lowest BCUT2D eigenvalue weighted by Crippen LogP contribution is -2.04. The zero-order chi connectivity index (χ0) is 12.1. The van der Waals surface area contributed by atoms with Gasteiger partial charge in [0.15, 0.2) is 0 Å². The minimum atomic E-state index is 0.495. The van der Waals surface area contributed by atoms with Crippen molar-refractivity contribution in [2.45, 2.75) is 12.3 Å². The minimum Gasteiger partial charge on any atom is -0.0921 e. The van der Waals surface area contributed by atoms with Crippen molar-refractivity contribution in [3.05, 3.63) is 70.7 Å². The quantitative estimate of drug-likeness (QED) is 0.692. The van der Waals surface area contributed by atoms with Gasteiger partial charge in [-0.1, -0.05) is 70.0 Å².